The lowest BCUT2D eigenvalue weighted by Gasteiger charge is -2.34. The molecule has 4 rings (SSSR count). The molecule has 4 heterocycles. The van der Waals surface area contributed by atoms with E-state index in [0.29, 0.717) is 25.2 Å². The van der Waals surface area contributed by atoms with Crippen LogP contribution in [0.5, 0.6) is 0 Å². The molecule has 3 aromatic heterocycles. The molecule has 0 bridgehead atoms. The summed E-state index contributed by atoms with van der Waals surface area (Å²) in [4.78, 5) is 26.3. The molecule has 0 saturated carbocycles. The summed E-state index contributed by atoms with van der Waals surface area (Å²) in [5.41, 5.74) is 0.0172. The number of aromatic nitrogens is 5. The zero-order chi connectivity index (χ0) is 21.8. The van der Waals surface area contributed by atoms with Crippen LogP contribution in [0.2, 0.25) is 0 Å². The van der Waals surface area contributed by atoms with Crippen molar-refractivity contribution in [2.75, 3.05) is 18.0 Å². The summed E-state index contributed by atoms with van der Waals surface area (Å²) in [6.07, 6.45) is 2.64. The first kappa shape index (κ1) is 20.8. The summed E-state index contributed by atoms with van der Waals surface area (Å²) in [6.45, 7) is 0.893. The Kier molecular flexibility index (Phi) is 5.83. The van der Waals surface area contributed by atoms with Crippen LogP contribution < -0.4 is 10.2 Å². The van der Waals surface area contributed by atoms with Gasteiger partial charge in [0.05, 0.1) is 11.5 Å². The molecule has 31 heavy (non-hydrogen) atoms. The predicted molar refractivity (Wildman–Crippen MR) is 105 cm³/mol. The Morgan fingerprint density at radius 3 is 2.81 bits per heavy atom. The molecule has 1 fully saturated rings. The number of nitrogens with zero attached hydrogens (tertiary/aromatic N) is 6. The molecular formula is C20H20F3N7O. The summed E-state index contributed by atoms with van der Waals surface area (Å²) >= 11 is 0. The molecule has 0 aromatic carbocycles. The highest BCUT2D eigenvalue weighted by Gasteiger charge is 2.37. The van der Waals surface area contributed by atoms with Gasteiger partial charge in [0.15, 0.2) is 5.82 Å². The van der Waals surface area contributed by atoms with E-state index >= 15 is 0 Å². The summed E-state index contributed by atoms with van der Waals surface area (Å²) in [5.74, 6) is -0.138. The molecule has 0 radical (unpaired) electrons. The maximum Gasteiger partial charge on any atom is 0.419 e. The molecule has 0 aliphatic carbocycles. The van der Waals surface area contributed by atoms with Crippen LogP contribution in [0.25, 0.3) is 5.82 Å². The Balaban J connectivity index is 1.37. The fraction of sp³-hybridized carbons (Fsp3) is 0.350. The van der Waals surface area contributed by atoms with Crippen LogP contribution >= 0.6 is 0 Å². The van der Waals surface area contributed by atoms with Crippen molar-refractivity contribution in [1.82, 2.24) is 30.0 Å². The monoisotopic (exact) mass is 431 g/mol. The average Bonchev–Trinajstić information content (AvgIpc) is 3.32. The molecule has 1 amide bonds. The Hall–Kier alpha value is -3.50. The molecule has 11 heteroatoms. The van der Waals surface area contributed by atoms with Gasteiger partial charge in [0.1, 0.15) is 18.5 Å². The largest absolute Gasteiger partial charge is 0.419 e. The van der Waals surface area contributed by atoms with E-state index in [0.717, 1.165) is 11.6 Å². The fourth-order valence-electron chi connectivity index (χ4n) is 3.57. The smallest absolute Gasteiger partial charge is 0.355 e. The predicted octanol–water partition coefficient (Wildman–Crippen LogP) is 2.61. The molecule has 1 saturated heterocycles. The van der Waals surface area contributed by atoms with Crippen molar-refractivity contribution in [3.05, 3.63) is 60.4 Å². The second-order valence-electron chi connectivity index (χ2n) is 7.24. The Bertz CT molecular complexity index is 1020. The van der Waals surface area contributed by atoms with E-state index in [4.69, 9.17) is 0 Å². The minimum Gasteiger partial charge on any atom is -0.355 e. The maximum atomic E-state index is 13.3. The molecule has 1 aliphatic rings. The van der Waals surface area contributed by atoms with Crippen LogP contribution in [0.4, 0.5) is 19.0 Å². The third-order valence-electron chi connectivity index (χ3n) is 5.11. The fourth-order valence-corrected chi connectivity index (χ4v) is 3.57. The van der Waals surface area contributed by atoms with Crippen molar-refractivity contribution in [2.45, 2.75) is 25.6 Å². The normalized spacial score (nSPS) is 16.9. The van der Waals surface area contributed by atoms with Gasteiger partial charge in [0, 0.05) is 32.0 Å². The number of rotatable bonds is 5. The average molecular weight is 431 g/mol. The van der Waals surface area contributed by atoms with E-state index in [2.05, 4.69) is 25.4 Å². The zero-order valence-electron chi connectivity index (χ0n) is 16.5. The van der Waals surface area contributed by atoms with E-state index < -0.39 is 17.7 Å². The molecule has 1 aliphatic heterocycles. The van der Waals surface area contributed by atoms with Crippen LogP contribution in [0.3, 0.4) is 0 Å². The van der Waals surface area contributed by atoms with Crippen molar-refractivity contribution in [3.63, 3.8) is 0 Å². The summed E-state index contributed by atoms with van der Waals surface area (Å²) < 4.78 is 41.5. The third kappa shape index (κ3) is 4.81. The Morgan fingerprint density at radius 2 is 2.10 bits per heavy atom. The van der Waals surface area contributed by atoms with E-state index in [1.165, 1.54) is 29.6 Å². The van der Waals surface area contributed by atoms with E-state index in [9.17, 15) is 18.0 Å². The first-order valence-electron chi connectivity index (χ1n) is 9.76. The van der Waals surface area contributed by atoms with Crippen molar-refractivity contribution >= 4 is 11.7 Å². The van der Waals surface area contributed by atoms with Gasteiger partial charge in [-0.2, -0.15) is 18.3 Å². The quantitative estimate of drug-likeness (QED) is 0.668. The zero-order valence-corrected chi connectivity index (χ0v) is 16.5. The minimum atomic E-state index is -4.50. The summed E-state index contributed by atoms with van der Waals surface area (Å²) in [6, 6.07) is 5.86. The number of pyridine rings is 2. The maximum absolute atomic E-state index is 13.3. The number of piperidine rings is 1. The van der Waals surface area contributed by atoms with Gasteiger partial charge in [-0.1, -0.05) is 6.07 Å². The highest BCUT2D eigenvalue weighted by atomic mass is 19.4. The number of nitrogens with one attached hydrogen (secondary N) is 1. The summed E-state index contributed by atoms with van der Waals surface area (Å²) in [5, 5.41) is 6.85. The van der Waals surface area contributed by atoms with Crippen LogP contribution in [-0.4, -0.2) is 43.7 Å². The second-order valence-corrected chi connectivity index (χ2v) is 7.24. The SMILES string of the molecule is O=C(NCc1ccc(-n2cncn2)nc1)C1CCCN(c2ncccc2C(F)(F)F)C1. The van der Waals surface area contributed by atoms with Gasteiger partial charge < -0.3 is 10.2 Å². The van der Waals surface area contributed by atoms with Crippen LogP contribution in [0.15, 0.2) is 49.3 Å². The van der Waals surface area contributed by atoms with E-state index in [1.54, 1.807) is 17.2 Å². The first-order chi connectivity index (χ1) is 14.9. The molecular weight excluding hydrogens is 411 g/mol. The van der Waals surface area contributed by atoms with Crippen LogP contribution in [0.1, 0.15) is 24.0 Å². The van der Waals surface area contributed by atoms with Gasteiger partial charge >= 0.3 is 6.18 Å². The molecule has 8 nitrogen and oxygen atoms in total. The molecule has 3 aromatic rings. The van der Waals surface area contributed by atoms with Gasteiger partial charge in [-0.15, -0.1) is 0 Å². The van der Waals surface area contributed by atoms with Crippen molar-refractivity contribution in [2.24, 2.45) is 5.92 Å². The standard InChI is InChI=1S/C20H20F3N7O/c21-20(22,23)16-4-1-7-25-18(16)29-8-2-3-15(11-29)19(31)27-10-14-5-6-17(26-9-14)30-13-24-12-28-30/h1,4-7,9,12-13,15H,2-3,8,10-11H2,(H,27,31). The van der Waals surface area contributed by atoms with E-state index in [1.807, 2.05) is 6.07 Å². The number of hydrogen-bond donors (Lipinski definition) is 1. The lowest BCUT2D eigenvalue weighted by Crippen LogP contribution is -2.43. The number of amides is 1. The topological polar surface area (TPSA) is 88.8 Å². The third-order valence-corrected chi connectivity index (χ3v) is 5.11. The van der Waals surface area contributed by atoms with Gasteiger partial charge in [0.2, 0.25) is 5.91 Å². The van der Waals surface area contributed by atoms with Gasteiger partial charge in [-0.05, 0) is 36.6 Å². The van der Waals surface area contributed by atoms with Crippen molar-refractivity contribution in [1.29, 1.82) is 0 Å². The van der Waals surface area contributed by atoms with Crippen molar-refractivity contribution < 1.29 is 18.0 Å². The number of halogens is 3. The Morgan fingerprint density at radius 1 is 1.23 bits per heavy atom. The number of carbonyl (C=O) groups is 1. The molecule has 0 spiro atoms. The van der Waals surface area contributed by atoms with E-state index in [-0.39, 0.29) is 24.8 Å². The highest BCUT2D eigenvalue weighted by molar-refractivity contribution is 5.79. The van der Waals surface area contributed by atoms with Crippen LogP contribution in [-0.2, 0) is 17.5 Å². The van der Waals surface area contributed by atoms with Crippen molar-refractivity contribution in [3.8, 4) is 5.82 Å². The lowest BCUT2D eigenvalue weighted by atomic mass is 9.96. The Labute approximate surface area is 176 Å². The molecule has 1 unspecified atom stereocenters. The number of anilines is 1. The number of hydrogen-bond acceptors (Lipinski definition) is 6. The molecule has 1 N–H and O–H groups in total. The minimum absolute atomic E-state index is 0.125. The van der Waals surface area contributed by atoms with Gasteiger partial charge in [0.25, 0.3) is 0 Å². The molecule has 162 valence electrons. The summed E-state index contributed by atoms with van der Waals surface area (Å²) in [7, 11) is 0. The van der Waals surface area contributed by atoms with Crippen LogP contribution in [0, 0.1) is 5.92 Å². The second kappa shape index (κ2) is 8.70. The number of alkyl halides is 3. The van der Waals surface area contributed by atoms with Gasteiger partial charge in [-0.3, -0.25) is 4.79 Å². The first-order valence-corrected chi connectivity index (χ1v) is 9.76. The highest BCUT2D eigenvalue weighted by Crippen LogP contribution is 2.36. The number of carbonyl (C=O) groups excluding carboxylic acids is 1. The lowest BCUT2D eigenvalue weighted by molar-refractivity contribution is -0.137. The molecule has 1 atom stereocenters. The van der Waals surface area contributed by atoms with Gasteiger partial charge in [-0.25, -0.2) is 19.6 Å².